The molecule has 3 aromatic rings. The zero-order chi connectivity index (χ0) is 18.8. The van der Waals surface area contributed by atoms with Gasteiger partial charge in [-0.25, -0.2) is 0 Å². The number of nitrogens with zero attached hydrogens (tertiary/aromatic N) is 3. The molecule has 4 rings (SSSR count). The fourth-order valence-corrected chi connectivity index (χ4v) is 4.21. The number of amides is 1. The highest BCUT2D eigenvalue weighted by molar-refractivity contribution is 8.01. The number of carbonyl (C=O) groups is 1. The molecule has 1 aromatic carbocycles. The Kier molecular flexibility index (Phi) is 4.95. The molecule has 0 bridgehead atoms. The maximum absolute atomic E-state index is 12.4. The van der Waals surface area contributed by atoms with Crippen molar-refractivity contribution in [3.8, 4) is 17.1 Å². The van der Waals surface area contributed by atoms with Gasteiger partial charge in [-0.05, 0) is 30.7 Å². The van der Waals surface area contributed by atoms with Crippen LogP contribution in [0.25, 0.3) is 11.3 Å². The first-order valence-electron chi connectivity index (χ1n) is 8.27. The molecule has 1 N–H and O–H groups in total. The van der Waals surface area contributed by atoms with E-state index in [-0.39, 0.29) is 17.7 Å². The summed E-state index contributed by atoms with van der Waals surface area (Å²) in [6, 6.07) is 7.44. The molecule has 1 atom stereocenters. The third-order valence-electron chi connectivity index (χ3n) is 3.87. The number of anilines is 1. The van der Waals surface area contributed by atoms with Crippen LogP contribution in [0.3, 0.4) is 0 Å². The number of hydrogen-bond acceptors (Lipinski definition) is 8. The van der Waals surface area contributed by atoms with E-state index >= 15 is 0 Å². The van der Waals surface area contributed by atoms with Crippen LogP contribution in [-0.4, -0.2) is 33.1 Å². The second kappa shape index (κ2) is 7.53. The highest BCUT2D eigenvalue weighted by atomic mass is 32.2. The van der Waals surface area contributed by atoms with Crippen LogP contribution in [0.4, 0.5) is 5.13 Å². The van der Waals surface area contributed by atoms with Crippen molar-refractivity contribution < 1.29 is 14.1 Å². The lowest BCUT2D eigenvalue weighted by Gasteiger charge is -2.02. The van der Waals surface area contributed by atoms with Crippen LogP contribution in [-0.2, 0) is 6.42 Å². The summed E-state index contributed by atoms with van der Waals surface area (Å²) in [5.41, 5.74) is 2.17. The molecular formula is C18H16N4O3S2. The first-order valence-corrected chi connectivity index (χ1v) is 10.1. The number of carbonyl (C=O) groups excluding carboxylic acids is 1. The van der Waals surface area contributed by atoms with E-state index in [9.17, 15) is 4.79 Å². The molecule has 0 spiro atoms. The van der Waals surface area contributed by atoms with Crippen molar-refractivity contribution in [3.05, 3.63) is 48.2 Å². The largest absolute Gasteiger partial charge is 0.490 e. The van der Waals surface area contributed by atoms with E-state index in [1.165, 1.54) is 23.1 Å². The van der Waals surface area contributed by atoms with Crippen molar-refractivity contribution in [3.63, 3.8) is 0 Å². The SMILES string of the molecule is C=CCSc1nnc(NC(=O)c2cc(-c3ccc4c(c3)C[C@@H](C)O4)on2)s1. The summed E-state index contributed by atoms with van der Waals surface area (Å²) in [6.07, 6.45) is 2.81. The normalized spacial score (nSPS) is 15.2. The van der Waals surface area contributed by atoms with Crippen LogP contribution in [0, 0.1) is 0 Å². The molecule has 0 unspecified atom stereocenters. The Morgan fingerprint density at radius 2 is 2.33 bits per heavy atom. The molecule has 0 saturated carbocycles. The van der Waals surface area contributed by atoms with Crippen LogP contribution in [0.5, 0.6) is 5.75 Å². The second-order valence-electron chi connectivity index (χ2n) is 5.96. The van der Waals surface area contributed by atoms with Gasteiger partial charge in [0.2, 0.25) is 5.13 Å². The van der Waals surface area contributed by atoms with Gasteiger partial charge in [-0.2, -0.15) is 0 Å². The Morgan fingerprint density at radius 3 is 3.19 bits per heavy atom. The molecule has 7 nitrogen and oxygen atoms in total. The highest BCUT2D eigenvalue weighted by Crippen LogP contribution is 2.33. The molecule has 0 radical (unpaired) electrons. The minimum Gasteiger partial charge on any atom is -0.490 e. The lowest BCUT2D eigenvalue weighted by molar-refractivity contribution is 0.101. The molecular weight excluding hydrogens is 384 g/mol. The predicted molar refractivity (Wildman–Crippen MR) is 105 cm³/mol. The second-order valence-corrected chi connectivity index (χ2v) is 8.20. The fraction of sp³-hybridized carbons (Fsp3) is 0.222. The molecule has 0 fully saturated rings. The number of rotatable bonds is 6. The van der Waals surface area contributed by atoms with E-state index in [2.05, 4.69) is 27.2 Å². The molecule has 1 aliphatic rings. The van der Waals surface area contributed by atoms with Gasteiger partial charge in [-0.1, -0.05) is 34.3 Å². The van der Waals surface area contributed by atoms with Gasteiger partial charge < -0.3 is 9.26 Å². The van der Waals surface area contributed by atoms with Crippen molar-refractivity contribution in [2.75, 3.05) is 11.1 Å². The summed E-state index contributed by atoms with van der Waals surface area (Å²) in [5.74, 6) is 1.77. The topological polar surface area (TPSA) is 90.1 Å². The number of thioether (sulfide) groups is 1. The molecule has 3 heterocycles. The predicted octanol–water partition coefficient (Wildman–Crippen LogP) is 4.05. The number of aromatic nitrogens is 3. The lowest BCUT2D eigenvalue weighted by Crippen LogP contribution is -2.11. The smallest absolute Gasteiger partial charge is 0.279 e. The molecule has 9 heteroatoms. The zero-order valence-electron chi connectivity index (χ0n) is 14.5. The third-order valence-corrected chi connectivity index (χ3v) is 5.84. The highest BCUT2D eigenvalue weighted by Gasteiger charge is 2.21. The maximum Gasteiger partial charge on any atom is 0.279 e. The molecule has 0 aliphatic carbocycles. The van der Waals surface area contributed by atoms with Crippen LogP contribution in [0.15, 0.2) is 45.8 Å². The van der Waals surface area contributed by atoms with Crippen LogP contribution in [0.2, 0.25) is 0 Å². The van der Waals surface area contributed by atoms with Gasteiger partial charge in [-0.3, -0.25) is 10.1 Å². The number of fused-ring (bicyclic) bond motifs is 1. The zero-order valence-corrected chi connectivity index (χ0v) is 16.1. The monoisotopic (exact) mass is 400 g/mol. The van der Waals surface area contributed by atoms with E-state index in [4.69, 9.17) is 9.26 Å². The van der Waals surface area contributed by atoms with Crippen molar-refractivity contribution >= 4 is 34.1 Å². The van der Waals surface area contributed by atoms with E-state index < -0.39 is 0 Å². The van der Waals surface area contributed by atoms with E-state index in [0.29, 0.717) is 10.9 Å². The van der Waals surface area contributed by atoms with Crippen LogP contribution >= 0.6 is 23.1 Å². The van der Waals surface area contributed by atoms with Crippen LogP contribution < -0.4 is 10.1 Å². The molecule has 0 saturated heterocycles. The van der Waals surface area contributed by atoms with E-state index in [1.807, 2.05) is 25.1 Å². The molecule has 1 amide bonds. The van der Waals surface area contributed by atoms with Crippen LogP contribution in [0.1, 0.15) is 23.0 Å². The summed E-state index contributed by atoms with van der Waals surface area (Å²) in [4.78, 5) is 12.4. The van der Waals surface area contributed by atoms with E-state index in [1.54, 1.807) is 12.1 Å². The molecule has 1 aliphatic heterocycles. The molecule has 138 valence electrons. The Morgan fingerprint density at radius 1 is 1.44 bits per heavy atom. The Bertz CT molecular complexity index is 998. The van der Waals surface area contributed by atoms with Gasteiger partial charge in [0.05, 0.1) is 0 Å². The summed E-state index contributed by atoms with van der Waals surface area (Å²) in [7, 11) is 0. The van der Waals surface area contributed by atoms with E-state index in [0.717, 1.165) is 33.4 Å². The van der Waals surface area contributed by atoms with Crippen molar-refractivity contribution in [1.82, 2.24) is 15.4 Å². The average molecular weight is 400 g/mol. The van der Waals surface area contributed by atoms with Crippen molar-refractivity contribution in [1.29, 1.82) is 0 Å². The Labute approximate surface area is 163 Å². The standard InChI is InChI=1S/C18H16N4O3S2/c1-3-6-26-18-21-20-17(27-18)19-16(23)13-9-15(25-22-13)11-4-5-14-12(8-11)7-10(2)24-14/h3-5,8-10H,1,6-7H2,2H3,(H,19,20,23)/t10-/m1/s1. The first-order chi connectivity index (χ1) is 13.1. The molecule has 27 heavy (non-hydrogen) atoms. The summed E-state index contributed by atoms with van der Waals surface area (Å²) < 4.78 is 11.8. The quantitative estimate of drug-likeness (QED) is 0.379. The number of ether oxygens (including phenoxy) is 1. The van der Waals surface area contributed by atoms with Gasteiger partial charge in [0.1, 0.15) is 11.9 Å². The van der Waals surface area contributed by atoms with Gasteiger partial charge in [0, 0.05) is 23.8 Å². The first kappa shape index (κ1) is 17.7. The molecule has 2 aromatic heterocycles. The van der Waals surface area contributed by atoms with Gasteiger partial charge in [-0.15, -0.1) is 16.8 Å². The average Bonchev–Trinajstić information content (AvgIpc) is 3.38. The Balaban J connectivity index is 1.46. The number of benzene rings is 1. The van der Waals surface area contributed by atoms with Crippen molar-refractivity contribution in [2.24, 2.45) is 0 Å². The minimum absolute atomic E-state index is 0.174. The van der Waals surface area contributed by atoms with Gasteiger partial charge in [0.25, 0.3) is 5.91 Å². The number of hydrogen-bond donors (Lipinski definition) is 1. The Hall–Kier alpha value is -2.65. The third kappa shape index (κ3) is 3.88. The van der Waals surface area contributed by atoms with Gasteiger partial charge in [0.15, 0.2) is 15.8 Å². The lowest BCUT2D eigenvalue weighted by atomic mass is 10.1. The summed E-state index contributed by atoms with van der Waals surface area (Å²) in [5, 5.41) is 14.9. The minimum atomic E-state index is -0.389. The fourth-order valence-electron chi connectivity index (χ4n) is 2.70. The van der Waals surface area contributed by atoms with Gasteiger partial charge >= 0.3 is 0 Å². The summed E-state index contributed by atoms with van der Waals surface area (Å²) >= 11 is 2.81. The van der Waals surface area contributed by atoms with Crippen molar-refractivity contribution in [2.45, 2.75) is 23.8 Å². The number of nitrogens with one attached hydrogen (secondary N) is 1. The summed E-state index contributed by atoms with van der Waals surface area (Å²) in [6.45, 7) is 5.69. The maximum atomic E-state index is 12.4.